The van der Waals surface area contributed by atoms with E-state index in [0.717, 1.165) is 43.7 Å². The number of fused-ring (bicyclic) bond motifs is 1. The summed E-state index contributed by atoms with van der Waals surface area (Å²) in [5.41, 5.74) is 1.12. The molecule has 0 saturated carbocycles. The van der Waals surface area contributed by atoms with E-state index in [0.29, 0.717) is 24.5 Å². The van der Waals surface area contributed by atoms with Gasteiger partial charge in [-0.1, -0.05) is 23.2 Å². The van der Waals surface area contributed by atoms with E-state index in [1.807, 2.05) is 18.2 Å². The van der Waals surface area contributed by atoms with Gasteiger partial charge in [-0.05, 0) is 36.2 Å². The zero-order valence-corrected chi connectivity index (χ0v) is 21.3. The Labute approximate surface area is 219 Å². The Morgan fingerprint density at radius 2 is 1.97 bits per heavy atom. The van der Waals surface area contributed by atoms with Crippen molar-refractivity contribution in [2.24, 2.45) is 0 Å². The van der Waals surface area contributed by atoms with Gasteiger partial charge in [0, 0.05) is 63.1 Å². The Balaban J connectivity index is 1.15. The Morgan fingerprint density at radius 3 is 2.69 bits per heavy atom. The number of aliphatic hydroxyl groups is 2. The van der Waals surface area contributed by atoms with Crippen LogP contribution in [-0.4, -0.2) is 88.2 Å². The third kappa shape index (κ3) is 5.38. The lowest BCUT2D eigenvalue weighted by Crippen LogP contribution is -2.49. The Morgan fingerprint density at radius 1 is 1.19 bits per heavy atom. The third-order valence-corrected chi connectivity index (χ3v) is 7.80. The summed E-state index contributed by atoms with van der Waals surface area (Å²) in [6.07, 6.45) is 1.69. The van der Waals surface area contributed by atoms with Crippen molar-refractivity contribution in [2.45, 2.75) is 43.5 Å². The van der Waals surface area contributed by atoms with Crippen LogP contribution in [0.25, 0.3) is 0 Å². The molecule has 36 heavy (non-hydrogen) atoms. The molecule has 194 valence electrons. The van der Waals surface area contributed by atoms with E-state index < -0.39 is 12.2 Å². The van der Waals surface area contributed by atoms with Gasteiger partial charge in [0.2, 0.25) is 0 Å². The molecule has 5 rings (SSSR count). The molecule has 3 heterocycles. The van der Waals surface area contributed by atoms with Gasteiger partial charge in [-0.2, -0.15) is 0 Å². The average molecular weight is 537 g/mol. The lowest BCUT2D eigenvalue weighted by atomic mass is 9.87. The molecule has 0 radical (unpaired) electrons. The molecule has 1 amide bonds. The van der Waals surface area contributed by atoms with E-state index >= 15 is 0 Å². The maximum absolute atomic E-state index is 13.0. The number of phenolic OH excluding ortho intramolecular Hbond substituents is 1. The molecule has 1 spiro atoms. The molecule has 0 unspecified atom stereocenters. The number of benzene rings is 2. The molecular weight excluding hydrogens is 507 g/mol. The Kier molecular flexibility index (Phi) is 7.25. The highest BCUT2D eigenvalue weighted by atomic mass is 35.5. The van der Waals surface area contributed by atoms with Gasteiger partial charge in [-0.25, -0.2) is 0 Å². The van der Waals surface area contributed by atoms with Gasteiger partial charge in [0.15, 0.2) is 0 Å². The standard InChI is InChI=1S/C26H30Cl2N2O6/c27-17-1-2-23-16(9-17)12-26(36-23)4-7-29(8-5-26)13-19(32)15-35-24-11-22(33)21(28)10-20(24)25(34)30-6-3-18(31)14-30/h1-2,9-11,18-19,31-33H,3-8,12-15H2/t18-,19-/m0/s1. The first kappa shape index (κ1) is 25.4. The second-order valence-corrected chi connectivity index (χ2v) is 10.8. The summed E-state index contributed by atoms with van der Waals surface area (Å²) >= 11 is 12.2. The minimum Gasteiger partial charge on any atom is -0.506 e. The van der Waals surface area contributed by atoms with Crippen LogP contribution in [0.5, 0.6) is 17.2 Å². The molecule has 2 aromatic rings. The highest BCUT2D eigenvalue weighted by Crippen LogP contribution is 2.42. The minimum atomic E-state index is -0.797. The van der Waals surface area contributed by atoms with Crippen molar-refractivity contribution in [3.63, 3.8) is 0 Å². The number of carbonyl (C=O) groups excluding carboxylic acids is 1. The number of rotatable bonds is 6. The van der Waals surface area contributed by atoms with E-state index in [1.165, 1.54) is 17.0 Å². The molecule has 0 aliphatic carbocycles. The lowest BCUT2D eigenvalue weighted by molar-refractivity contribution is -0.00202. The summed E-state index contributed by atoms with van der Waals surface area (Å²) in [6, 6.07) is 8.40. The summed E-state index contributed by atoms with van der Waals surface area (Å²) in [4.78, 5) is 16.7. The van der Waals surface area contributed by atoms with Crippen molar-refractivity contribution in [1.29, 1.82) is 0 Å². The predicted octanol–water partition coefficient (Wildman–Crippen LogP) is 3.12. The van der Waals surface area contributed by atoms with Crippen molar-refractivity contribution in [3.05, 3.63) is 51.5 Å². The number of hydrogen-bond acceptors (Lipinski definition) is 7. The Bertz CT molecular complexity index is 1140. The number of ether oxygens (including phenoxy) is 2. The molecular formula is C26H30Cl2N2O6. The molecule has 0 bridgehead atoms. The molecule has 3 N–H and O–H groups in total. The van der Waals surface area contributed by atoms with Crippen molar-refractivity contribution in [2.75, 3.05) is 39.3 Å². The topological polar surface area (TPSA) is 103 Å². The summed E-state index contributed by atoms with van der Waals surface area (Å²) in [5, 5.41) is 31.2. The number of piperidine rings is 1. The van der Waals surface area contributed by atoms with E-state index in [9.17, 15) is 20.1 Å². The number of hydrogen-bond donors (Lipinski definition) is 3. The molecule has 2 fully saturated rings. The maximum Gasteiger partial charge on any atom is 0.257 e. The molecule has 2 aromatic carbocycles. The van der Waals surface area contributed by atoms with Gasteiger partial charge in [0.25, 0.3) is 5.91 Å². The zero-order chi connectivity index (χ0) is 25.4. The molecule has 3 aliphatic rings. The third-order valence-electron chi connectivity index (χ3n) is 7.26. The van der Waals surface area contributed by atoms with Crippen molar-refractivity contribution in [3.8, 4) is 17.2 Å². The number of phenols is 1. The minimum absolute atomic E-state index is 0.0341. The number of aliphatic hydroxyl groups excluding tert-OH is 2. The van der Waals surface area contributed by atoms with E-state index in [1.54, 1.807) is 0 Å². The fraction of sp³-hybridized carbons (Fsp3) is 0.500. The van der Waals surface area contributed by atoms with Gasteiger partial charge < -0.3 is 34.6 Å². The van der Waals surface area contributed by atoms with Crippen LogP contribution in [0.3, 0.4) is 0 Å². The average Bonchev–Trinajstić information content (AvgIpc) is 3.43. The number of β-amino-alcohol motifs (C(OH)–C–C–N with tert-alkyl or cyclic N) is 2. The van der Waals surface area contributed by atoms with E-state index in [-0.39, 0.29) is 46.7 Å². The summed E-state index contributed by atoms with van der Waals surface area (Å²) in [7, 11) is 0. The van der Waals surface area contributed by atoms with Gasteiger partial charge in [-0.3, -0.25) is 4.79 Å². The fourth-order valence-electron chi connectivity index (χ4n) is 5.29. The summed E-state index contributed by atoms with van der Waals surface area (Å²) in [6.45, 7) is 2.59. The summed E-state index contributed by atoms with van der Waals surface area (Å²) < 4.78 is 12.1. The lowest BCUT2D eigenvalue weighted by Gasteiger charge is -2.39. The SMILES string of the molecule is O=C(c1cc(Cl)c(O)cc1OC[C@@H](O)CN1CCC2(CC1)Cc1cc(Cl)ccc1O2)N1CC[C@H](O)C1. The van der Waals surface area contributed by atoms with Crippen LogP contribution in [0.4, 0.5) is 0 Å². The predicted molar refractivity (Wildman–Crippen MR) is 135 cm³/mol. The normalized spacial score (nSPS) is 21.9. The van der Waals surface area contributed by atoms with Gasteiger partial charge in [-0.15, -0.1) is 0 Å². The number of carbonyl (C=O) groups is 1. The molecule has 3 aliphatic heterocycles. The van der Waals surface area contributed by atoms with Crippen LogP contribution >= 0.6 is 23.2 Å². The number of likely N-dealkylation sites (tertiary alicyclic amines) is 2. The second-order valence-electron chi connectivity index (χ2n) is 9.97. The first-order chi connectivity index (χ1) is 17.2. The van der Waals surface area contributed by atoms with Gasteiger partial charge in [0.1, 0.15) is 35.6 Å². The van der Waals surface area contributed by atoms with E-state index in [2.05, 4.69) is 4.90 Å². The highest BCUT2D eigenvalue weighted by Gasteiger charge is 2.42. The number of amides is 1. The van der Waals surface area contributed by atoms with Crippen molar-refractivity contribution >= 4 is 29.1 Å². The molecule has 10 heteroatoms. The van der Waals surface area contributed by atoms with Crippen molar-refractivity contribution < 1.29 is 29.6 Å². The van der Waals surface area contributed by atoms with Crippen LogP contribution in [-0.2, 0) is 6.42 Å². The molecule has 8 nitrogen and oxygen atoms in total. The fourth-order valence-corrected chi connectivity index (χ4v) is 5.65. The highest BCUT2D eigenvalue weighted by molar-refractivity contribution is 6.32. The largest absolute Gasteiger partial charge is 0.506 e. The Hall–Kier alpha value is -2.23. The first-order valence-electron chi connectivity index (χ1n) is 12.2. The smallest absolute Gasteiger partial charge is 0.257 e. The van der Waals surface area contributed by atoms with Crippen LogP contribution in [0.15, 0.2) is 30.3 Å². The molecule has 2 atom stereocenters. The quantitative estimate of drug-likeness (QED) is 0.521. The molecule has 0 aromatic heterocycles. The first-order valence-corrected chi connectivity index (χ1v) is 13.0. The van der Waals surface area contributed by atoms with Crippen LogP contribution < -0.4 is 9.47 Å². The monoisotopic (exact) mass is 536 g/mol. The van der Waals surface area contributed by atoms with Crippen LogP contribution in [0, 0.1) is 0 Å². The van der Waals surface area contributed by atoms with Crippen LogP contribution in [0.2, 0.25) is 10.0 Å². The van der Waals surface area contributed by atoms with Crippen LogP contribution in [0.1, 0.15) is 35.2 Å². The number of aromatic hydroxyl groups is 1. The second kappa shape index (κ2) is 10.3. The number of halogens is 2. The number of nitrogens with zero attached hydrogens (tertiary/aromatic N) is 2. The maximum atomic E-state index is 13.0. The summed E-state index contributed by atoms with van der Waals surface area (Å²) in [5.74, 6) is 0.509. The van der Waals surface area contributed by atoms with E-state index in [4.69, 9.17) is 32.7 Å². The van der Waals surface area contributed by atoms with Gasteiger partial charge in [0.05, 0.1) is 16.7 Å². The molecule has 2 saturated heterocycles. The van der Waals surface area contributed by atoms with Crippen molar-refractivity contribution in [1.82, 2.24) is 9.80 Å². The zero-order valence-electron chi connectivity index (χ0n) is 19.8. The van der Waals surface area contributed by atoms with Gasteiger partial charge >= 0.3 is 0 Å².